The van der Waals surface area contributed by atoms with E-state index in [0.29, 0.717) is 19.0 Å². The molecule has 1 aliphatic heterocycles. The van der Waals surface area contributed by atoms with Crippen molar-refractivity contribution in [2.24, 2.45) is 11.8 Å². The highest BCUT2D eigenvalue weighted by molar-refractivity contribution is 5.96. The van der Waals surface area contributed by atoms with Gasteiger partial charge in [-0.3, -0.25) is 4.79 Å². The highest BCUT2D eigenvalue weighted by Crippen LogP contribution is 2.38. The third kappa shape index (κ3) is 1.57. The highest BCUT2D eigenvalue weighted by Gasteiger charge is 2.44. The van der Waals surface area contributed by atoms with Crippen LogP contribution in [0.15, 0.2) is 4.63 Å². The molecule has 3 unspecified atom stereocenters. The molecule has 3 atom stereocenters. The largest absolute Gasteiger partial charge is 0.393 e. The van der Waals surface area contributed by atoms with E-state index in [1.54, 1.807) is 4.90 Å². The number of aliphatic hydroxyl groups is 1. The number of carbonyl (C=O) groups is 1. The smallest absolute Gasteiger partial charge is 0.280 e. The van der Waals surface area contributed by atoms with Crippen molar-refractivity contribution in [3.63, 3.8) is 0 Å². The summed E-state index contributed by atoms with van der Waals surface area (Å²) in [5.41, 5.74) is 5.56. The van der Waals surface area contributed by atoms with Crippen molar-refractivity contribution in [3.8, 4) is 0 Å². The molecule has 2 heterocycles. The Morgan fingerprint density at radius 3 is 2.88 bits per heavy atom. The molecular weight excluding hydrogens is 224 g/mol. The Balaban J connectivity index is 1.75. The SMILES string of the molecule is Nc1nonc1C(=O)N1CC2CCC(O)C2C1. The molecule has 7 nitrogen and oxygen atoms in total. The fraction of sp³-hybridized carbons (Fsp3) is 0.700. The molecule has 0 radical (unpaired) electrons. The number of aliphatic hydroxyl groups excluding tert-OH is 1. The number of aromatic nitrogens is 2. The maximum absolute atomic E-state index is 12.1. The van der Waals surface area contributed by atoms with Gasteiger partial charge in [0.05, 0.1) is 6.10 Å². The number of amides is 1. The van der Waals surface area contributed by atoms with Crippen molar-refractivity contribution < 1.29 is 14.5 Å². The standard InChI is InChI=1S/C10H14N4O3/c11-9-8(12-17-13-9)10(16)14-3-5-1-2-7(15)6(5)4-14/h5-7,15H,1-4H2,(H2,11,13). The van der Waals surface area contributed by atoms with E-state index in [0.717, 1.165) is 12.8 Å². The van der Waals surface area contributed by atoms with Gasteiger partial charge in [0.2, 0.25) is 11.5 Å². The van der Waals surface area contributed by atoms with E-state index in [2.05, 4.69) is 14.9 Å². The van der Waals surface area contributed by atoms with Gasteiger partial charge in [0, 0.05) is 19.0 Å². The summed E-state index contributed by atoms with van der Waals surface area (Å²) in [6, 6.07) is 0. The predicted molar refractivity (Wildman–Crippen MR) is 56.8 cm³/mol. The van der Waals surface area contributed by atoms with E-state index in [4.69, 9.17) is 5.73 Å². The summed E-state index contributed by atoms with van der Waals surface area (Å²) in [7, 11) is 0. The zero-order valence-electron chi connectivity index (χ0n) is 9.24. The van der Waals surface area contributed by atoms with Crippen molar-refractivity contribution in [1.82, 2.24) is 15.2 Å². The van der Waals surface area contributed by atoms with E-state index >= 15 is 0 Å². The van der Waals surface area contributed by atoms with Crippen LogP contribution in [0.4, 0.5) is 5.82 Å². The molecule has 2 aliphatic rings. The fourth-order valence-corrected chi connectivity index (χ4v) is 2.90. The van der Waals surface area contributed by atoms with Gasteiger partial charge >= 0.3 is 0 Å². The van der Waals surface area contributed by atoms with Gasteiger partial charge in [-0.15, -0.1) is 0 Å². The summed E-state index contributed by atoms with van der Waals surface area (Å²) >= 11 is 0. The van der Waals surface area contributed by atoms with Gasteiger partial charge in [-0.05, 0) is 29.1 Å². The minimum atomic E-state index is -0.286. The monoisotopic (exact) mass is 238 g/mol. The van der Waals surface area contributed by atoms with Crippen molar-refractivity contribution in [1.29, 1.82) is 0 Å². The number of anilines is 1. The molecule has 1 amide bonds. The topological polar surface area (TPSA) is 105 Å². The lowest BCUT2D eigenvalue weighted by molar-refractivity contribution is 0.0742. The third-order valence-corrected chi connectivity index (χ3v) is 3.82. The summed E-state index contributed by atoms with van der Waals surface area (Å²) in [4.78, 5) is 13.7. The molecule has 1 saturated carbocycles. The van der Waals surface area contributed by atoms with Crippen LogP contribution in [0.1, 0.15) is 23.3 Å². The number of fused-ring (bicyclic) bond motifs is 1. The minimum absolute atomic E-state index is 0.0209. The molecule has 92 valence electrons. The van der Waals surface area contributed by atoms with Crippen LogP contribution in [0, 0.1) is 11.8 Å². The maximum Gasteiger partial charge on any atom is 0.280 e. The number of nitrogen functional groups attached to an aromatic ring is 1. The number of carbonyl (C=O) groups excluding carboxylic acids is 1. The number of likely N-dealkylation sites (tertiary alicyclic amines) is 1. The van der Waals surface area contributed by atoms with E-state index < -0.39 is 0 Å². The second-order valence-electron chi connectivity index (χ2n) is 4.78. The Morgan fingerprint density at radius 1 is 1.41 bits per heavy atom. The number of hydrogen-bond donors (Lipinski definition) is 2. The molecule has 3 N–H and O–H groups in total. The lowest BCUT2D eigenvalue weighted by Crippen LogP contribution is -2.31. The molecule has 1 saturated heterocycles. The van der Waals surface area contributed by atoms with Crippen LogP contribution in [0.3, 0.4) is 0 Å². The molecular formula is C10H14N4O3. The Hall–Kier alpha value is -1.63. The van der Waals surface area contributed by atoms with Gasteiger partial charge < -0.3 is 15.7 Å². The number of nitrogens with zero attached hydrogens (tertiary/aromatic N) is 3. The van der Waals surface area contributed by atoms with Crippen molar-refractivity contribution >= 4 is 11.7 Å². The first-order valence-electron chi connectivity index (χ1n) is 5.72. The van der Waals surface area contributed by atoms with Crippen LogP contribution >= 0.6 is 0 Å². The van der Waals surface area contributed by atoms with Crippen LogP contribution in [0.2, 0.25) is 0 Å². The van der Waals surface area contributed by atoms with Crippen LogP contribution < -0.4 is 5.73 Å². The third-order valence-electron chi connectivity index (χ3n) is 3.82. The summed E-state index contributed by atoms with van der Waals surface area (Å²) in [6.07, 6.45) is 1.53. The van der Waals surface area contributed by atoms with Gasteiger partial charge in [-0.25, -0.2) is 4.63 Å². The molecule has 0 bridgehead atoms. The second kappa shape index (κ2) is 3.69. The molecule has 17 heavy (non-hydrogen) atoms. The Kier molecular flexibility index (Phi) is 2.29. The Labute approximate surface area is 97.5 Å². The Bertz CT molecular complexity index is 447. The molecule has 2 fully saturated rings. The number of rotatable bonds is 1. The minimum Gasteiger partial charge on any atom is -0.393 e. The van der Waals surface area contributed by atoms with Crippen molar-refractivity contribution in [2.75, 3.05) is 18.8 Å². The van der Waals surface area contributed by atoms with E-state index in [1.807, 2.05) is 0 Å². The molecule has 1 aromatic rings. The normalized spacial score (nSPS) is 31.8. The van der Waals surface area contributed by atoms with Gasteiger partial charge in [0.25, 0.3) is 5.91 Å². The van der Waals surface area contributed by atoms with Crippen molar-refractivity contribution in [2.45, 2.75) is 18.9 Å². The fourth-order valence-electron chi connectivity index (χ4n) is 2.90. The quantitative estimate of drug-likeness (QED) is 0.683. The lowest BCUT2D eigenvalue weighted by atomic mass is 10.00. The first-order chi connectivity index (χ1) is 8.16. The van der Waals surface area contributed by atoms with Gasteiger partial charge in [-0.2, -0.15) is 0 Å². The first-order valence-corrected chi connectivity index (χ1v) is 5.72. The molecule has 0 spiro atoms. The lowest BCUT2D eigenvalue weighted by Gasteiger charge is -2.16. The van der Waals surface area contributed by atoms with Crippen molar-refractivity contribution in [3.05, 3.63) is 5.69 Å². The summed E-state index contributed by atoms with van der Waals surface area (Å²) < 4.78 is 4.42. The van der Waals surface area contributed by atoms with E-state index in [9.17, 15) is 9.90 Å². The second-order valence-corrected chi connectivity index (χ2v) is 4.78. The first kappa shape index (κ1) is 10.5. The maximum atomic E-state index is 12.1. The van der Waals surface area contributed by atoms with Crippen LogP contribution in [-0.2, 0) is 0 Å². The summed E-state index contributed by atoms with van der Waals surface area (Å²) in [5.74, 6) is 0.355. The molecule has 1 aliphatic carbocycles. The zero-order valence-corrected chi connectivity index (χ0v) is 9.24. The summed E-state index contributed by atoms with van der Waals surface area (Å²) in [5, 5.41) is 16.7. The summed E-state index contributed by atoms with van der Waals surface area (Å²) in [6.45, 7) is 1.23. The molecule has 7 heteroatoms. The van der Waals surface area contributed by atoms with Crippen LogP contribution in [-0.4, -0.2) is 45.4 Å². The Morgan fingerprint density at radius 2 is 2.24 bits per heavy atom. The number of nitrogens with two attached hydrogens (primary N) is 1. The van der Waals surface area contributed by atoms with Gasteiger partial charge in [0.15, 0.2) is 0 Å². The van der Waals surface area contributed by atoms with E-state index in [1.165, 1.54) is 0 Å². The van der Waals surface area contributed by atoms with Crippen LogP contribution in [0.25, 0.3) is 0 Å². The molecule has 1 aromatic heterocycles. The average Bonchev–Trinajstić information content (AvgIpc) is 2.96. The number of hydrogen-bond acceptors (Lipinski definition) is 6. The molecule has 0 aromatic carbocycles. The van der Waals surface area contributed by atoms with Crippen LogP contribution in [0.5, 0.6) is 0 Å². The van der Waals surface area contributed by atoms with Gasteiger partial charge in [0.1, 0.15) is 0 Å². The highest BCUT2D eigenvalue weighted by atomic mass is 16.6. The zero-order chi connectivity index (χ0) is 12.0. The predicted octanol–water partition coefficient (Wildman–Crippen LogP) is -0.505. The molecule has 3 rings (SSSR count). The average molecular weight is 238 g/mol. The van der Waals surface area contributed by atoms with E-state index in [-0.39, 0.29) is 29.4 Å². The van der Waals surface area contributed by atoms with Gasteiger partial charge in [-0.1, -0.05) is 0 Å².